The van der Waals surface area contributed by atoms with Gasteiger partial charge in [0.15, 0.2) is 4.80 Å². The van der Waals surface area contributed by atoms with Gasteiger partial charge in [-0.15, -0.1) is 0 Å². The van der Waals surface area contributed by atoms with Crippen molar-refractivity contribution in [3.63, 3.8) is 0 Å². The van der Waals surface area contributed by atoms with Gasteiger partial charge in [-0.05, 0) is 73.0 Å². The van der Waals surface area contributed by atoms with Crippen LogP contribution in [0.4, 0.5) is 0 Å². The second-order valence-electron chi connectivity index (χ2n) is 10.8. The molecule has 1 aromatic heterocycles. The molecule has 0 bridgehead atoms. The summed E-state index contributed by atoms with van der Waals surface area (Å²) in [4.78, 5) is 44.9. The normalized spacial score (nSPS) is 14.2. The average molecular weight is 679 g/mol. The first kappa shape index (κ1) is 32.7. The standard InChI is InChI=1S/C38H31ClN2O6S/c1-3-45-36(43)28-14-10-25(11-15-28)23-47-30-20-12-24(13-21-30)22-31-35(42)41-34(27-16-18-29(39)19-17-27)32(37(44)46-4-2)33(40-38(41)48-31)26-8-6-5-7-9-26/h5-22,34H,3-4,23H2,1-2H3/b31-22-/t34-/m1/s1. The summed E-state index contributed by atoms with van der Waals surface area (Å²) in [6, 6.07) is 30.2. The van der Waals surface area contributed by atoms with E-state index in [4.69, 9.17) is 30.8 Å². The summed E-state index contributed by atoms with van der Waals surface area (Å²) in [5.74, 6) is -0.248. The zero-order chi connectivity index (χ0) is 33.6. The minimum absolute atomic E-state index is 0.170. The molecule has 0 spiro atoms. The van der Waals surface area contributed by atoms with Gasteiger partial charge in [0.2, 0.25) is 0 Å². The molecule has 2 heterocycles. The van der Waals surface area contributed by atoms with Crippen LogP contribution in [0.1, 0.15) is 52.5 Å². The van der Waals surface area contributed by atoms with Crippen LogP contribution in [-0.4, -0.2) is 29.7 Å². The van der Waals surface area contributed by atoms with Gasteiger partial charge in [-0.3, -0.25) is 9.36 Å². The van der Waals surface area contributed by atoms with Gasteiger partial charge >= 0.3 is 11.9 Å². The van der Waals surface area contributed by atoms with Crippen LogP contribution in [-0.2, 0) is 20.9 Å². The Hall–Kier alpha value is -5.25. The lowest BCUT2D eigenvalue weighted by molar-refractivity contribution is -0.138. The molecule has 0 saturated heterocycles. The van der Waals surface area contributed by atoms with Gasteiger partial charge in [0.1, 0.15) is 12.4 Å². The number of halogens is 1. The third-order valence-electron chi connectivity index (χ3n) is 7.61. The molecule has 0 radical (unpaired) electrons. The Labute approximate surface area is 285 Å². The maximum Gasteiger partial charge on any atom is 0.338 e. The second-order valence-corrected chi connectivity index (χ2v) is 12.2. The van der Waals surface area contributed by atoms with Gasteiger partial charge < -0.3 is 14.2 Å². The van der Waals surface area contributed by atoms with Crippen LogP contribution in [0.2, 0.25) is 5.02 Å². The molecule has 0 N–H and O–H groups in total. The summed E-state index contributed by atoms with van der Waals surface area (Å²) < 4.78 is 18.5. The summed E-state index contributed by atoms with van der Waals surface area (Å²) in [5.41, 5.74) is 4.09. The van der Waals surface area contributed by atoms with Crippen LogP contribution >= 0.6 is 22.9 Å². The number of thiazole rings is 1. The van der Waals surface area contributed by atoms with E-state index in [0.29, 0.717) is 50.1 Å². The molecule has 0 aliphatic carbocycles. The Morgan fingerprint density at radius 1 is 0.854 bits per heavy atom. The topological polar surface area (TPSA) is 96.2 Å². The van der Waals surface area contributed by atoms with Crippen LogP contribution < -0.4 is 19.6 Å². The SMILES string of the molecule is CCOC(=O)C1=C(c2ccccc2)N=c2s/c(=C\c3ccc(OCc4ccc(C(=O)OCC)cc4)cc3)c(=O)n2[C@@H]1c1ccc(Cl)cc1. The van der Waals surface area contributed by atoms with Gasteiger partial charge in [0.05, 0.1) is 40.6 Å². The predicted molar refractivity (Wildman–Crippen MR) is 186 cm³/mol. The first-order valence-corrected chi connectivity index (χ1v) is 16.6. The Kier molecular flexibility index (Phi) is 9.99. The van der Waals surface area contributed by atoms with E-state index in [1.807, 2.05) is 78.9 Å². The number of aromatic nitrogens is 1. The molecule has 8 nitrogen and oxygen atoms in total. The summed E-state index contributed by atoms with van der Waals surface area (Å²) in [6.45, 7) is 4.32. The zero-order valence-corrected chi connectivity index (χ0v) is 27.8. The van der Waals surface area contributed by atoms with Crippen molar-refractivity contribution < 1.29 is 23.8 Å². The van der Waals surface area contributed by atoms with E-state index in [-0.39, 0.29) is 23.7 Å². The number of hydrogen-bond acceptors (Lipinski definition) is 8. The van der Waals surface area contributed by atoms with E-state index in [2.05, 4.69) is 0 Å². The molecule has 1 atom stereocenters. The van der Waals surface area contributed by atoms with E-state index in [9.17, 15) is 14.4 Å². The molecule has 1 aliphatic heterocycles. The van der Waals surface area contributed by atoms with E-state index >= 15 is 0 Å². The van der Waals surface area contributed by atoms with Crippen molar-refractivity contribution in [1.82, 2.24) is 4.57 Å². The fourth-order valence-corrected chi connectivity index (χ4v) is 6.46. The number of esters is 2. The van der Waals surface area contributed by atoms with E-state index in [0.717, 1.165) is 16.7 Å². The molecule has 4 aromatic carbocycles. The fourth-order valence-electron chi connectivity index (χ4n) is 5.33. The van der Waals surface area contributed by atoms with Gasteiger partial charge in [-0.1, -0.05) is 89.7 Å². The molecule has 0 unspecified atom stereocenters. The highest BCUT2D eigenvalue weighted by molar-refractivity contribution is 7.07. The lowest BCUT2D eigenvalue weighted by Crippen LogP contribution is -2.40. The molecule has 242 valence electrons. The first-order chi connectivity index (χ1) is 23.4. The van der Waals surface area contributed by atoms with Crippen molar-refractivity contribution in [2.24, 2.45) is 4.99 Å². The maximum absolute atomic E-state index is 14.1. The molecule has 0 saturated carbocycles. The molecule has 6 rings (SSSR count). The number of benzene rings is 4. The van der Waals surface area contributed by atoms with Crippen molar-refractivity contribution in [3.05, 3.63) is 161 Å². The number of carbonyl (C=O) groups is 2. The quantitative estimate of drug-likeness (QED) is 0.160. The Balaban J connectivity index is 1.34. The van der Waals surface area contributed by atoms with Crippen LogP contribution in [0.15, 0.2) is 118 Å². The number of fused-ring (bicyclic) bond motifs is 1. The Morgan fingerprint density at radius 2 is 1.52 bits per heavy atom. The van der Waals surface area contributed by atoms with Crippen LogP contribution in [0.25, 0.3) is 11.8 Å². The monoisotopic (exact) mass is 678 g/mol. The molecule has 1 aliphatic rings. The van der Waals surface area contributed by atoms with Crippen molar-refractivity contribution in [2.45, 2.75) is 26.5 Å². The lowest BCUT2D eigenvalue weighted by atomic mass is 9.93. The molecule has 10 heteroatoms. The molecule has 5 aromatic rings. The average Bonchev–Trinajstić information content (AvgIpc) is 3.42. The summed E-state index contributed by atoms with van der Waals surface area (Å²) in [7, 11) is 0. The van der Waals surface area contributed by atoms with Crippen LogP contribution in [0, 0.1) is 0 Å². The first-order valence-electron chi connectivity index (χ1n) is 15.4. The molecular weight excluding hydrogens is 648 g/mol. The van der Waals surface area contributed by atoms with Gasteiger partial charge in [-0.2, -0.15) is 0 Å². The largest absolute Gasteiger partial charge is 0.489 e. The highest BCUT2D eigenvalue weighted by Crippen LogP contribution is 2.35. The third-order valence-corrected chi connectivity index (χ3v) is 8.84. The molecular formula is C38H31ClN2O6S. The van der Waals surface area contributed by atoms with Crippen molar-refractivity contribution in [3.8, 4) is 5.75 Å². The van der Waals surface area contributed by atoms with Gasteiger partial charge in [0.25, 0.3) is 5.56 Å². The third kappa shape index (κ3) is 7.02. The minimum atomic E-state index is -0.781. The number of carbonyl (C=O) groups excluding carboxylic acids is 2. The van der Waals surface area contributed by atoms with E-state index in [1.54, 1.807) is 48.8 Å². The maximum atomic E-state index is 14.1. The lowest BCUT2D eigenvalue weighted by Gasteiger charge is -2.25. The predicted octanol–water partition coefficient (Wildman–Crippen LogP) is 6.34. The van der Waals surface area contributed by atoms with E-state index in [1.165, 1.54) is 11.3 Å². The van der Waals surface area contributed by atoms with Gasteiger partial charge in [-0.25, -0.2) is 14.6 Å². The van der Waals surface area contributed by atoms with E-state index < -0.39 is 12.0 Å². The molecule has 0 fully saturated rings. The Bertz CT molecular complexity index is 2150. The summed E-state index contributed by atoms with van der Waals surface area (Å²) >= 11 is 7.47. The highest BCUT2D eigenvalue weighted by Gasteiger charge is 2.35. The number of nitrogens with zero attached hydrogens (tertiary/aromatic N) is 2. The summed E-state index contributed by atoms with van der Waals surface area (Å²) in [5, 5.41) is 0.537. The fraction of sp³-hybridized carbons (Fsp3) is 0.158. The van der Waals surface area contributed by atoms with Crippen molar-refractivity contribution in [2.75, 3.05) is 13.2 Å². The highest BCUT2D eigenvalue weighted by atomic mass is 35.5. The van der Waals surface area contributed by atoms with Gasteiger partial charge in [0, 0.05) is 10.6 Å². The second kappa shape index (κ2) is 14.7. The van der Waals surface area contributed by atoms with Crippen molar-refractivity contribution >= 4 is 46.6 Å². The zero-order valence-electron chi connectivity index (χ0n) is 26.2. The Morgan fingerprint density at radius 3 is 2.19 bits per heavy atom. The van der Waals surface area contributed by atoms with Crippen LogP contribution in [0.3, 0.4) is 0 Å². The summed E-state index contributed by atoms with van der Waals surface area (Å²) in [6.07, 6.45) is 1.80. The molecule has 48 heavy (non-hydrogen) atoms. The van der Waals surface area contributed by atoms with Crippen LogP contribution in [0.5, 0.6) is 5.75 Å². The molecule has 0 amide bonds. The van der Waals surface area contributed by atoms with Crippen molar-refractivity contribution in [1.29, 1.82) is 0 Å². The number of ether oxygens (including phenoxy) is 3. The smallest absolute Gasteiger partial charge is 0.338 e. The number of rotatable bonds is 10. The number of hydrogen-bond donors (Lipinski definition) is 0. The minimum Gasteiger partial charge on any atom is -0.489 e.